The molecule has 2 aromatic carbocycles. The zero-order chi connectivity index (χ0) is 24.3. The number of nitrogens with zero attached hydrogens (tertiary/aromatic N) is 2. The molecule has 3 aromatic rings. The molecule has 0 spiro atoms. The second-order valence-electron chi connectivity index (χ2n) is 8.76. The number of aromatic nitrogens is 1. The second kappa shape index (κ2) is 9.99. The molecule has 1 saturated heterocycles. The highest BCUT2D eigenvalue weighted by Gasteiger charge is 2.31. The lowest BCUT2D eigenvalue weighted by Crippen LogP contribution is -2.53. The van der Waals surface area contributed by atoms with Gasteiger partial charge in [0.1, 0.15) is 6.04 Å². The van der Waals surface area contributed by atoms with E-state index in [2.05, 4.69) is 10.6 Å². The maximum absolute atomic E-state index is 13.2. The lowest BCUT2D eigenvalue weighted by molar-refractivity contribution is -0.128. The quantitative estimate of drug-likeness (QED) is 0.539. The van der Waals surface area contributed by atoms with Gasteiger partial charge in [-0.1, -0.05) is 30.3 Å². The Balaban J connectivity index is 1.38. The van der Waals surface area contributed by atoms with E-state index in [1.807, 2.05) is 60.3 Å². The van der Waals surface area contributed by atoms with Crippen LogP contribution in [0.25, 0.3) is 10.8 Å². The van der Waals surface area contributed by atoms with Crippen molar-refractivity contribution in [3.8, 4) is 0 Å². The molecule has 34 heavy (non-hydrogen) atoms. The van der Waals surface area contributed by atoms with Crippen LogP contribution in [-0.4, -0.2) is 54.3 Å². The lowest BCUT2D eigenvalue weighted by Gasteiger charge is -2.32. The first-order valence-corrected chi connectivity index (χ1v) is 12.8. The molecule has 4 rings (SSSR count). The maximum Gasteiger partial charge on any atom is 0.243 e. The Kier molecular flexibility index (Phi) is 7.04. The van der Waals surface area contributed by atoms with Crippen LogP contribution in [0.5, 0.6) is 0 Å². The average Bonchev–Trinajstić information content (AvgIpc) is 3.22. The number of rotatable bonds is 7. The van der Waals surface area contributed by atoms with E-state index in [0.717, 1.165) is 16.5 Å². The van der Waals surface area contributed by atoms with Crippen molar-refractivity contribution < 1.29 is 18.0 Å². The van der Waals surface area contributed by atoms with Crippen LogP contribution >= 0.6 is 0 Å². The number of hydrogen-bond donors (Lipinski definition) is 2. The Morgan fingerprint density at radius 1 is 1.03 bits per heavy atom. The maximum atomic E-state index is 13.2. The molecule has 1 fully saturated rings. The van der Waals surface area contributed by atoms with Gasteiger partial charge in [0, 0.05) is 51.4 Å². The minimum Gasteiger partial charge on any atom is -0.354 e. The molecule has 1 aromatic heterocycles. The van der Waals surface area contributed by atoms with E-state index < -0.39 is 16.1 Å². The van der Waals surface area contributed by atoms with Gasteiger partial charge in [-0.05, 0) is 47.9 Å². The summed E-state index contributed by atoms with van der Waals surface area (Å²) >= 11 is 0. The molecule has 9 heteroatoms. The standard InChI is InChI=1S/C25H30N4O4S/c1-18(30)26-24(17-22-8-5-13-28(22)2)25(31)27-21-11-14-29(15-12-21)34(32,33)23-10-9-19-6-3-4-7-20(19)16-23/h3-10,13,16,21,24H,11-12,14-15,17H2,1-2H3,(H,26,30)(H,27,31). The molecule has 2 N–H and O–H groups in total. The molecule has 0 saturated carbocycles. The lowest BCUT2D eigenvalue weighted by atomic mass is 10.0. The Labute approximate surface area is 200 Å². The first-order valence-electron chi connectivity index (χ1n) is 11.4. The number of carbonyl (C=O) groups excluding carboxylic acids is 2. The summed E-state index contributed by atoms with van der Waals surface area (Å²) in [7, 11) is -1.72. The van der Waals surface area contributed by atoms with Gasteiger partial charge in [-0.15, -0.1) is 0 Å². The molecule has 1 aliphatic rings. The third-order valence-electron chi connectivity index (χ3n) is 6.32. The van der Waals surface area contributed by atoms with E-state index in [1.165, 1.54) is 11.2 Å². The van der Waals surface area contributed by atoms with E-state index in [0.29, 0.717) is 32.4 Å². The number of benzene rings is 2. The van der Waals surface area contributed by atoms with Crippen LogP contribution in [-0.2, 0) is 33.1 Å². The molecule has 0 aliphatic carbocycles. The summed E-state index contributed by atoms with van der Waals surface area (Å²) in [6.07, 6.45) is 3.29. The second-order valence-corrected chi connectivity index (χ2v) is 10.7. The fraction of sp³-hybridized carbons (Fsp3) is 0.360. The van der Waals surface area contributed by atoms with Gasteiger partial charge in [0.15, 0.2) is 0 Å². The summed E-state index contributed by atoms with van der Waals surface area (Å²) in [4.78, 5) is 24.9. The number of amides is 2. The summed E-state index contributed by atoms with van der Waals surface area (Å²) in [6, 6.07) is 15.8. The van der Waals surface area contributed by atoms with Gasteiger partial charge < -0.3 is 15.2 Å². The molecular weight excluding hydrogens is 452 g/mol. The molecular formula is C25H30N4O4S. The van der Waals surface area contributed by atoms with Gasteiger partial charge in [0.05, 0.1) is 4.90 Å². The number of hydrogen-bond acceptors (Lipinski definition) is 4. The van der Waals surface area contributed by atoms with Crippen LogP contribution in [0.15, 0.2) is 65.7 Å². The topological polar surface area (TPSA) is 101 Å². The fourth-order valence-corrected chi connectivity index (χ4v) is 5.90. The predicted molar refractivity (Wildman–Crippen MR) is 131 cm³/mol. The van der Waals surface area contributed by atoms with Gasteiger partial charge >= 0.3 is 0 Å². The normalized spacial score (nSPS) is 16.3. The van der Waals surface area contributed by atoms with Crippen molar-refractivity contribution in [2.45, 2.75) is 43.2 Å². The van der Waals surface area contributed by atoms with Gasteiger partial charge in [-0.3, -0.25) is 9.59 Å². The summed E-state index contributed by atoms with van der Waals surface area (Å²) in [6.45, 7) is 2.03. The predicted octanol–water partition coefficient (Wildman–Crippen LogP) is 2.20. The molecule has 8 nitrogen and oxygen atoms in total. The average molecular weight is 483 g/mol. The van der Waals surface area contributed by atoms with Gasteiger partial charge in [0.25, 0.3) is 0 Å². The third-order valence-corrected chi connectivity index (χ3v) is 8.21. The van der Waals surface area contributed by atoms with Crippen LogP contribution in [0.3, 0.4) is 0 Å². The highest BCUT2D eigenvalue weighted by molar-refractivity contribution is 7.89. The molecule has 1 aliphatic heterocycles. The van der Waals surface area contributed by atoms with Crippen molar-refractivity contribution in [1.82, 2.24) is 19.5 Å². The summed E-state index contributed by atoms with van der Waals surface area (Å²) < 4.78 is 29.8. The Morgan fingerprint density at radius 3 is 2.38 bits per heavy atom. The number of nitrogens with one attached hydrogen (secondary N) is 2. The van der Waals surface area contributed by atoms with Crippen LogP contribution in [0.1, 0.15) is 25.5 Å². The van der Waals surface area contributed by atoms with Crippen molar-refractivity contribution in [2.75, 3.05) is 13.1 Å². The van der Waals surface area contributed by atoms with Gasteiger partial charge in [0.2, 0.25) is 21.8 Å². The van der Waals surface area contributed by atoms with Gasteiger partial charge in [-0.2, -0.15) is 4.31 Å². The molecule has 0 radical (unpaired) electrons. The molecule has 0 bridgehead atoms. The Bertz CT molecular complexity index is 1290. The Morgan fingerprint density at radius 2 is 1.74 bits per heavy atom. The molecule has 1 atom stereocenters. The van der Waals surface area contributed by atoms with Crippen molar-refractivity contribution >= 4 is 32.6 Å². The monoisotopic (exact) mass is 482 g/mol. The first-order chi connectivity index (χ1) is 16.2. The SMILES string of the molecule is CC(=O)NC(Cc1cccn1C)C(=O)NC1CCN(S(=O)(=O)c2ccc3ccccc3c2)CC1. The van der Waals surface area contributed by atoms with Crippen molar-refractivity contribution in [2.24, 2.45) is 7.05 Å². The molecule has 180 valence electrons. The fourth-order valence-electron chi connectivity index (χ4n) is 4.39. The summed E-state index contributed by atoms with van der Waals surface area (Å²) in [5, 5.41) is 7.62. The first kappa shape index (κ1) is 24.0. The van der Waals surface area contributed by atoms with Crippen LogP contribution in [0, 0.1) is 0 Å². The minimum absolute atomic E-state index is 0.153. The van der Waals surface area contributed by atoms with Crippen LogP contribution in [0.2, 0.25) is 0 Å². The summed E-state index contributed by atoms with van der Waals surface area (Å²) in [5.74, 6) is -0.530. The smallest absolute Gasteiger partial charge is 0.243 e. The van der Waals surface area contributed by atoms with E-state index >= 15 is 0 Å². The van der Waals surface area contributed by atoms with E-state index in [1.54, 1.807) is 12.1 Å². The van der Waals surface area contributed by atoms with Crippen molar-refractivity contribution in [3.05, 3.63) is 66.5 Å². The van der Waals surface area contributed by atoms with Crippen LogP contribution in [0.4, 0.5) is 0 Å². The van der Waals surface area contributed by atoms with Gasteiger partial charge in [-0.25, -0.2) is 8.42 Å². The van der Waals surface area contributed by atoms with E-state index in [4.69, 9.17) is 0 Å². The molecule has 2 amide bonds. The largest absolute Gasteiger partial charge is 0.354 e. The van der Waals surface area contributed by atoms with Crippen molar-refractivity contribution in [3.63, 3.8) is 0 Å². The number of sulfonamides is 1. The molecule has 1 unspecified atom stereocenters. The number of carbonyl (C=O) groups is 2. The highest BCUT2D eigenvalue weighted by atomic mass is 32.2. The van der Waals surface area contributed by atoms with Crippen LogP contribution < -0.4 is 10.6 Å². The molecule has 2 heterocycles. The Hall–Kier alpha value is -3.17. The highest BCUT2D eigenvalue weighted by Crippen LogP contribution is 2.24. The summed E-state index contributed by atoms with van der Waals surface area (Å²) in [5.41, 5.74) is 0.935. The van der Waals surface area contributed by atoms with E-state index in [-0.39, 0.29) is 22.8 Å². The minimum atomic E-state index is -3.62. The van der Waals surface area contributed by atoms with E-state index in [9.17, 15) is 18.0 Å². The number of aryl methyl sites for hydroxylation is 1. The zero-order valence-electron chi connectivity index (χ0n) is 19.4. The van der Waals surface area contributed by atoms with Crippen molar-refractivity contribution in [1.29, 1.82) is 0 Å². The number of fused-ring (bicyclic) bond motifs is 1. The number of piperidine rings is 1. The zero-order valence-corrected chi connectivity index (χ0v) is 20.2. The third kappa shape index (κ3) is 5.31.